The van der Waals surface area contributed by atoms with Crippen LogP contribution in [-0.4, -0.2) is 34.8 Å². The molecule has 1 fully saturated rings. The minimum absolute atomic E-state index is 0.175. The lowest BCUT2D eigenvalue weighted by molar-refractivity contribution is 0.0793. The fourth-order valence-electron chi connectivity index (χ4n) is 3.33. The van der Waals surface area contributed by atoms with Crippen LogP contribution < -0.4 is 0 Å². The Balaban J connectivity index is 1.65. The molecule has 1 heterocycles. The Labute approximate surface area is 151 Å². The van der Waals surface area contributed by atoms with Crippen LogP contribution in [0.3, 0.4) is 0 Å². The zero-order valence-corrected chi connectivity index (χ0v) is 15.3. The third-order valence-corrected chi connectivity index (χ3v) is 4.94. The van der Waals surface area contributed by atoms with Crippen LogP contribution in [0.15, 0.2) is 54.6 Å². The van der Waals surface area contributed by atoms with Crippen molar-refractivity contribution in [2.75, 3.05) is 13.1 Å². The molecule has 3 nitrogen and oxygen atoms in total. The fraction of sp³-hybridized carbons (Fsp3) is 0.409. The van der Waals surface area contributed by atoms with E-state index in [1.165, 1.54) is 11.1 Å². The molecule has 0 saturated carbocycles. The first kappa shape index (κ1) is 17.7. The maximum Gasteiger partial charge on any atom is 0.253 e. The summed E-state index contributed by atoms with van der Waals surface area (Å²) in [4.78, 5) is 16.9. The minimum Gasteiger partial charge on any atom is -0.339 e. The summed E-state index contributed by atoms with van der Waals surface area (Å²) in [7, 11) is 0. The summed E-state index contributed by atoms with van der Waals surface area (Å²) < 4.78 is 0. The molecule has 132 valence electrons. The minimum atomic E-state index is 0.175. The first-order chi connectivity index (χ1) is 12.1. The Bertz CT molecular complexity index is 673. The van der Waals surface area contributed by atoms with Crippen molar-refractivity contribution in [2.45, 2.75) is 45.8 Å². The lowest BCUT2D eigenvalue weighted by Gasteiger charge is -2.27. The summed E-state index contributed by atoms with van der Waals surface area (Å²) in [6.45, 7) is 8.09. The average Bonchev–Trinajstić information content (AvgIpc) is 3.16. The van der Waals surface area contributed by atoms with Gasteiger partial charge >= 0.3 is 0 Å². The van der Waals surface area contributed by atoms with E-state index in [9.17, 15) is 4.79 Å². The number of likely N-dealkylation sites (tertiary alicyclic amines) is 1. The van der Waals surface area contributed by atoms with E-state index in [2.05, 4.69) is 61.2 Å². The first-order valence-electron chi connectivity index (χ1n) is 9.29. The highest BCUT2D eigenvalue weighted by Gasteiger charge is 2.19. The highest BCUT2D eigenvalue weighted by Crippen LogP contribution is 2.16. The van der Waals surface area contributed by atoms with Crippen molar-refractivity contribution in [1.29, 1.82) is 0 Å². The molecule has 0 bridgehead atoms. The topological polar surface area (TPSA) is 23.6 Å². The van der Waals surface area contributed by atoms with E-state index >= 15 is 0 Å². The molecule has 0 aliphatic carbocycles. The van der Waals surface area contributed by atoms with Gasteiger partial charge in [-0.1, -0.05) is 42.5 Å². The molecule has 3 heteroatoms. The number of amides is 1. The Morgan fingerprint density at radius 3 is 2.04 bits per heavy atom. The van der Waals surface area contributed by atoms with Gasteiger partial charge in [-0.15, -0.1) is 0 Å². The van der Waals surface area contributed by atoms with Gasteiger partial charge in [0.25, 0.3) is 5.91 Å². The molecule has 0 radical (unpaired) electrons. The van der Waals surface area contributed by atoms with Crippen LogP contribution in [-0.2, 0) is 13.1 Å². The van der Waals surface area contributed by atoms with E-state index in [1.807, 2.05) is 17.0 Å². The van der Waals surface area contributed by atoms with E-state index in [0.29, 0.717) is 6.04 Å². The highest BCUT2D eigenvalue weighted by molar-refractivity contribution is 5.94. The van der Waals surface area contributed by atoms with Crippen molar-refractivity contribution < 1.29 is 4.79 Å². The second-order valence-electron chi connectivity index (χ2n) is 7.18. The number of benzene rings is 2. The maximum absolute atomic E-state index is 12.4. The second kappa shape index (κ2) is 8.30. The third kappa shape index (κ3) is 4.70. The van der Waals surface area contributed by atoms with Crippen LogP contribution in [0.4, 0.5) is 0 Å². The zero-order chi connectivity index (χ0) is 17.6. The van der Waals surface area contributed by atoms with Gasteiger partial charge in [0.15, 0.2) is 0 Å². The zero-order valence-electron chi connectivity index (χ0n) is 15.3. The predicted molar refractivity (Wildman–Crippen MR) is 102 cm³/mol. The molecule has 1 saturated heterocycles. The van der Waals surface area contributed by atoms with Crippen LogP contribution in [0.5, 0.6) is 0 Å². The molecule has 0 aromatic heterocycles. The van der Waals surface area contributed by atoms with Gasteiger partial charge in [0, 0.05) is 37.8 Å². The smallest absolute Gasteiger partial charge is 0.253 e. The normalized spacial score (nSPS) is 14.5. The first-order valence-corrected chi connectivity index (χ1v) is 9.29. The summed E-state index contributed by atoms with van der Waals surface area (Å²) in [6, 6.07) is 19.2. The largest absolute Gasteiger partial charge is 0.339 e. The van der Waals surface area contributed by atoms with Crippen molar-refractivity contribution in [2.24, 2.45) is 0 Å². The molecular formula is C22H28N2O. The third-order valence-electron chi connectivity index (χ3n) is 4.94. The van der Waals surface area contributed by atoms with Crippen LogP contribution in [0.1, 0.15) is 48.2 Å². The molecule has 25 heavy (non-hydrogen) atoms. The van der Waals surface area contributed by atoms with Gasteiger partial charge in [-0.05, 0) is 49.9 Å². The van der Waals surface area contributed by atoms with Crippen LogP contribution in [0, 0.1) is 0 Å². The number of carbonyl (C=O) groups excluding carboxylic acids is 1. The van der Waals surface area contributed by atoms with Gasteiger partial charge in [0.05, 0.1) is 0 Å². The molecule has 2 aromatic rings. The number of rotatable bonds is 6. The Kier molecular flexibility index (Phi) is 5.87. The summed E-state index contributed by atoms with van der Waals surface area (Å²) in [6.07, 6.45) is 2.26. The number of hydrogen-bond acceptors (Lipinski definition) is 2. The Morgan fingerprint density at radius 1 is 0.920 bits per heavy atom. The molecule has 1 aliphatic heterocycles. The predicted octanol–water partition coefficient (Wildman–Crippen LogP) is 4.33. The van der Waals surface area contributed by atoms with E-state index in [0.717, 1.165) is 44.6 Å². The number of nitrogens with zero attached hydrogens (tertiary/aromatic N) is 2. The Morgan fingerprint density at radius 2 is 1.48 bits per heavy atom. The summed E-state index contributed by atoms with van der Waals surface area (Å²) in [5.74, 6) is 0.175. The average molecular weight is 336 g/mol. The highest BCUT2D eigenvalue weighted by atomic mass is 16.2. The van der Waals surface area contributed by atoms with E-state index < -0.39 is 0 Å². The summed E-state index contributed by atoms with van der Waals surface area (Å²) in [5, 5.41) is 0. The molecule has 1 amide bonds. The summed E-state index contributed by atoms with van der Waals surface area (Å²) >= 11 is 0. The lowest BCUT2D eigenvalue weighted by Crippen LogP contribution is -2.30. The van der Waals surface area contributed by atoms with Gasteiger partial charge < -0.3 is 4.90 Å². The Hall–Kier alpha value is -2.13. The van der Waals surface area contributed by atoms with Gasteiger partial charge in [-0.2, -0.15) is 0 Å². The van der Waals surface area contributed by atoms with Gasteiger partial charge in [0.2, 0.25) is 0 Å². The molecule has 2 aromatic carbocycles. The van der Waals surface area contributed by atoms with Crippen LogP contribution >= 0.6 is 0 Å². The van der Waals surface area contributed by atoms with Gasteiger partial charge in [-0.25, -0.2) is 0 Å². The van der Waals surface area contributed by atoms with Crippen LogP contribution in [0.25, 0.3) is 0 Å². The van der Waals surface area contributed by atoms with Gasteiger partial charge in [-0.3, -0.25) is 9.69 Å². The molecular weight excluding hydrogens is 308 g/mol. The van der Waals surface area contributed by atoms with E-state index in [-0.39, 0.29) is 5.91 Å². The quantitative estimate of drug-likeness (QED) is 0.784. The number of carbonyl (C=O) groups is 1. The fourth-order valence-corrected chi connectivity index (χ4v) is 3.33. The molecule has 0 N–H and O–H groups in total. The molecule has 0 spiro atoms. The van der Waals surface area contributed by atoms with Crippen molar-refractivity contribution in [3.63, 3.8) is 0 Å². The van der Waals surface area contributed by atoms with Crippen molar-refractivity contribution in [3.05, 3.63) is 71.3 Å². The van der Waals surface area contributed by atoms with Crippen molar-refractivity contribution in [1.82, 2.24) is 9.80 Å². The number of hydrogen-bond donors (Lipinski definition) is 0. The molecule has 0 unspecified atom stereocenters. The van der Waals surface area contributed by atoms with Crippen LogP contribution in [0.2, 0.25) is 0 Å². The standard InChI is InChI=1S/C22H28N2O/c1-18(2)24(16-19-8-4-3-5-9-19)17-20-10-12-21(13-11-20)22(25)23-14-6-7-15-23/h3-5,8-13,18H,6-7,14-17H2,1-2H3. The van der Waals surface area contributed by atoms with E-state index in [1.54, 1.807) is 0 Å². The van der Waals surface area contributed by atoms with Crippen molar-refractivity contribution >= 4 is 5.91 Å². The lowest BCUT2D eigenvalue weighted by atomic mass is 10.1. The van der Waals surface area contributed by atoms with Crippen molar-refractivity contribution in [3.8, 4) is 0 Å². The SMILES string of the molecule is CC(C)N(Cc1ccccc1)Cc1ccc(C(=O)N2CCCC2)cc1. The summed E-state index contributed by atoms with van der Waals surface area (Å²) in [5.41, 5.74) is 3.39. The molecule has 0 atom stereocenters. The monoisotopic (exact) mass is 336 g/mol. The maximum atomic E-state index is 12.4. The molecule has 3 rings (SSSR count). The van der Waals surface area contributed by atoms with E-state index in [4.69, 9.17) is 0 Å². The second-order valence-corrected chi connectivity index (χ2v) is 7.18. The molecule has 1 aliphatic rings. The van der Waals surface area contributed by atoms with Gasteiger partial charge in [0.1, 0.15) is 0 Å².